The lowest BCUT2D eigenvalue weighted by Gasteiger charge is -2.16. The highest BCUT2D eigenvalue weighted by molar-refractivity contribution is 7.84. The molecular formula is C21H25N5O4S. The standard InChI is InChI=1S/C21H25N5O4S/c22-31(28,29)30-11-15-9-14(10-20(15)27)18-7-8-19-21(23-12-24-26(18)19)25-17-6-5-13-3-1-2-4-16(13)17/h1-4,7-8,12,14-15,17,20,27H,5-6,9-11H2,(H2,22,28,29)(H,23,24,25)/t14-,15+,17+,20+/m1/s1. The van der Waals surface area contributed by atoms with Gasteiger partial charge in [-0.15, -0.1) is 0 Å². The Bertz CT molecular complexity index is 1210. The zero-order valence-corrected chi connectivity index (χ0v) is 17.7. The van der Waals surface area contributed by atoms with Crippen LogP contribution in [0, 0.1) is 5.92 Å². The Labute approximate surface area is 180 Å². The van der Waals surface area contributed by atoms with Crippen molar-refractivity contribution in [2.45, 2.75) is 43.7 Å². The fourth-order valence-electron chi connectivity index (χ4n) is 4.95. The van der Waals surface area contributed by atoms with Gasteiger partial charge >= 0.3 is 10.3 Å². The summed E-state index contributed by atoms with van der Waals surface area (Å²) in [5.41, 5.74) is 4.52. The molecule has 2 aliphatic rings. The van der Waals surface area contributed by atoms with Crippen LogP contribution in [0.2, 0.25) is 0 Å². The molecule has 2 heterocycles. The van der Waals surface area contributed by atoms with Crippen molar-refractivity contribution >= 4 is 21.6 Å². The number of rotatable bonds is 6. The maximum atomic E-state index is 11.1. The number of aromatic nitrogens is 3. The Hall–Kier alpha value is -2.53. The number of hydrogen-bond donors (Lipinski definition) is 3. The van der Waals surface area contributed by atoms with Gasteiger partial charge in [-0.3, -0.25) is 4.18 Å². The minimum absolute atomic E-state index is 0.0292. The third-order valence-corrected chi connectivity index (χ3v) is 6.91. The molecule has 10 heteroatoms. The number of aliphatic hydroxyl groups is 1. The van der Waals surface area contributed by atoms with E-state index in [1.165, 1.54) is 17.5 Å². The van der Waals surface area contributed by atoms with Crippen LogP contribution in [0.15, 0.2) is 42.7 Å². The van der Waals surface area contributed by atoms with Gasteiger partial charge in [-0.2, -0.15) is 13.5 Å². The number of fused-ring (bicyclic) bond motifs is 2. The summed E-state index contributed by atoms with van der Waals surface area (Å²) in [4.78, 5) is 4.48. The Morgan fingerprint density at radius 3 is 2.90 bits per heavy atom. The highest BCUT2D eigenvalue weighted by Gasteiger charge is 2.36. The van der Waals surface area contributed by atoms with E-state index in [0.29, 0.717) is 12.8 Å². The maximum absolute atomic E-state index is 11.1. The maximum Gasteiger partial charge on any atom is 0.333 e. The van der Waals surface area contributed by atoms with Crippen LogP contribution >= 0.6 is 0 Å². The van der Waals surface area contributed by atoms with E-state index in [1.807, 2.05) is 16.6 Å². The molecule has 0 radical (unpaired) electrons. The number of nitrogens with two attached hydrogens (primary N) is 1. The molecule has 0 unspecified atom stereocenters. The monoisotopic (exact) mass is 443 g/mol. The predicted octanol–water partition coefficient (Wildman–Crippen LogP) is 1.90. The largest absolute Gasteiger partial charge is 0.393 e. The Balaban J connectivity index is 1.37. The molecule has 3 aromatic rings. The fraction of sp³-hybridized carbons (Fsp3) is 0.429. The summed E-state index contributed by atoms with van der Waals surface area (Å²) in [6.07, 6.45) is 4.03. The van der Waals surface area contributed by atoms with Crippen molar-refractivity contribution in [3.05, 3.63) is 59.5 Å². The van der Waals surface area contributed by atoms with E-state index in [0.717, 1.165) is 29.9 Å². The second-order valence-corrected chi connectivity index (χ2v) is 9.59. The average molecular weight is 444 g/mol. The zero-order chi connectivity index (χ0) is 21.6. The van der Waals surface area contributed by atoms with Crippen molar-refractivity contribution in [2.75, 3.05) is 11.9 Å². The number of benzene rings is 1. The Kier molecular flexibility index (Phi) is 5.17. The fourth-order valence-corrected chi connectivity index (χ4v) is 5.32. The second kappa shape index (κ2) is 7.86. The van der Waals surface area contributed by atoms with Gasteiger partial charge in [-0.1, -0.05) is 24.3 Å². The number of anilines is 1. The Morgan fingerprint density at radius 2 is 2.06 bits per heavy atom. The molecule has 0 saturated heterocycles. The second-order valence-electron chi connectivity index (χ2n) is 8.37. The lowest BCUT2D eigenvalue weighted by atomic mass is 10.0. The number of aliphatic hydroxyl groups excluding tert-OH is 1. The molecule has 9 nitrogen and oxygen atoms in total. The summed E-state index contributed by atoms with van der Waals surface area (Å²) in [6.45, 7) is -0.122. The third-order valence-electron chi connectivity index (χ3n) is 6.45. The number of nitrogens with one attached hydrogen (secondary N) is 1. The quantitative estimate of drug-likeness (QED) is 0.530. The van der Waals surface area contributed by atoms with Gasteiger partial charge in [0.05, 0.1) is 18.8 Å². The molecule has 1 fully saturated rings. The molecule has 0 spiro atoms. The van der Waals surface area contributed by atoms with E-state index in [4.69, 9.17) is 9.32 Å². The van der Waals surface area contributed by atoms with Crippen molar-refractivity contribution in [1.29, 1.82) is 0 Å². The van der Waals surface area contributed by atoms with Crippen LogP contribution in [0.25, 0.3) is 5.52 Å². The Morgan fingerprint density at radius 1 is 1.23 bits per heavy atom. The molecule has 0 aliphatic heterocycles. The van der Waals surface area contributed by atoms with Gasteiger partial charge < -0.3 is 10.4 Å². The van der Waals surface area contributed by atoms with Crippen LogP contribution in [0.4, 0.5) is 5.82 Å². The normalized spacial score (nSPS) is 25.7. The molecule has 5 rings (SSSR count). The van der Waals surface area contributed by atoms with Gasteiger partial charge in [0.15, 0.2) is 5.82 Å². The van der Waals surface area contributed by atoms with E-state index in [2.05, 4.69) is 39.7 Å². The highest BCUT2D eigenvalue weighted by atomic mass is 32.2. The smallest absolute Gasteiger partial charge is 0.333 e. The highest BCUT2D eigenvalue weighted by Crippen LogP contribution is 2.40. The van der Waals surface area contributed by atoms with Gasteiger partial charge in [-0.05, 0) is 48.9 Å². The van der Waals surface area contributed by atoms with Crippen LogP contribution in [0.5, 0.6) is 0 Å². The molecule has 2 aromatic heterocycles. The summed E-state index contributed by atoms with van der Waals surface area (Å²) in [5, 5.41) is 23.3. The predicted molar refractivity (Wildman–Crippen MR) is 115 cm³/mol. The average Bonchev–Trinajstić information content (AvgIpc) is 3.43. The molecular weight excluding hydrogens is 418 g/mol. The van der Waals surface area contributed by atoms with Crippen LogP contribution in [-0.4, -0.2) is 40.8 Å². The molecule has 0 amide bonds. The van der Waals surface area contributed by atoms with Crippen molar-refractivity contribution in [3.8, 4) is 0 Å². The first-order valence-corrected chi connectivity index (χ1v) is 11.9. The van der Waals surface area contributed by atoms with Crippen LogP contribution < -0.4 is 10.5 Å². The van der Waals surface area contributed by atoms with E-state index in [9.17, 15) is 13.5 Å². The van der Waals surface area contributed by atoms with Gasteiger partial charge in [0, 0.05) is 17.5 Å². The molecule has 4 N–H and O–H groups in total. The summed E-state index contributed by atoms with van der Waals surface area (Å²) >= 11 is 0. The topological polar surface area (TPSA) is 132 Å². The van der Waals surface area contributed by atoms with E-state index in [1.54, 1.807) is 0 Å². The van der Waals surface area contributed by atoms with E-state index < -0.39 is 16.4 Å². The molecule has 31 heavy (non-hydrogen) atoms. The minimum Gasteiger partial charge on any atom is -0.393 e. The van der Waals surface area contributed by atoms with E-state index >= 15 is 0 Å². The first kappa shape index (κ1) is 20.4. The lowest BCUT2D eigenvalue weighted by molar-refractivity contribution is 0.101. The molecule has 0 bridgehead atoms. The minimum atomic E-state index is -4.02. The first-order valence-electron chi connectivity index (χ1n) is 10.4. The number of nitrogens with zero attached hydrogens (tertiary/aromatic N) is 3. The van der Waals surface area contributed by atoms with Crippen molar-refractivity contribution in [1.82, 2.24) is 14.6 Å². The number of hydrogen-bond acceptors (Lipinski definition) is 7. The van der Waals surface area contributed by atoms with Crippen molar-refractivity contribution < 1.29 is 17.7 Å². The zero-order valence-electron chi connectivity index (χ0n) is 16.9. The summed E-state index contributed by atoms with van der Waals surface area (Å²) < 4.78 is 28.7. The summed E-state index contributed by atoms with van der Waals surface area (Å²) in [6, 6.07) is 12.7. The molecule has 4 atom stereocenters. The van der Waals surface area contributed by atoms with E-state index in [-0.39, 0.29) is 24.5 Å². The van der Waals surface area contributed by atoms with Crippen LogP contribution in [0.3, 0.4) is 0 Å². The molecule has 1 aromatic carbocycles. The summed E-state index contributed by atoms with van der Waals surface area (Å²) in [5.74, 6) is 0.500. The van der Waals surface area contributed by atoms with Crippen molar-refractivity contribution in [3.63, 3.8) is 0 Å². The SMILES string of the molecule is NS(=O)(=O)OC[C@@H]1C[C@@H](c2ccc3c(N[C@H]4CCc5ccccc54)ncnn23)C[C@@H]1O. The van der Waals surface area contributed by atoms with Gasteiger partial charge in [0.1, 0.15) is 11.8 Å². The van der Waals surface area contributed by atoms with Crippen LogP contribution in [-0.2, 0) is 20.9 Å². The van der Waals surface area contributed by atoms with Gasteiger partial charge in [-0.25, -0.2) is 14.6 Å². The van der Waals surface area contributed by atoms with Gasteiger partial charge in [0.25, 0.3) is 0 Å². The third kappa shape index (κ3) is 4.03. The molecule has 1 saturated carbocycles. The summed E-state index contributed by atoms with van der Waals surface area (Å²) in [7, 11) is -4.02. The number of aryl methyl sites for hydroxylation is 1. The van der Waals surface area contributed by atoms with Gasteiger partial charge in [0.2, 0.25) is 0 Å². The lowest BCUT2D eigenvalue weighted by Crippen LogP contribution is -2.24. The molecule has 164 valence electrons. The first-order chi connectivity index (χ1) is 14.9. The van der Waals surface area contributed by atoms with Crippen LogP contribution in [0.1, 0.15) is 48.0 Å². The molecule has 2 aliphatic carbocycles. The van der Waals surface area contributed by atoms with Crippen molar-refractivity contribution in [2.24, 2.45) is 11.1 Å².